The van der Waals surface area contributed by atoms with Gasteiger partial charge in [-0.15, -0.1) is 0 Å². The normalized spacial score (nSPS) is 41.3. The molecule has 13 unspecified atom stereocenters. The second kappa shape index (κ2) is 15.3. The minimum Gasteiger partial charge on any atom is -0.342 e. The second-order valence-corrected chi connectivity index (χ2v) is 20.7. The molecule has 2 nitrogen and oxygen atoms in total. The number of rotatable bonds is 6. The summed E-state index contributed by atoms with van der Waals surface area (Å²) in [5, 5.41) is 0. The summed E-state index contributed by atoms with van der Waals surface area (Å²) in [6.07, 6.45) is 62.9. The van der Waals surface area contributed by atoms with E-state index in [0.717, 1.165) is 17.8 Å². The zero-order valence-corrected chi connectivity index (χ0v) is 35.6. The van der Waals surface area contributed by atoms with Crippen LogP contribution < -0.4 is 4.90 Å². The van der Waals surface area contributed by atoms with Crippen LogP contribution in [0, 0.1) is 64.6 Å². The van der Waals surface area contributed by atoms with Gasteiger partial charge >= 0.3 is 0 Å². The summed E-state index contributed by atoms with van der Waals surface area (Å²) in [5.41, 5.74) is 10.1. The number of hydrogen-bond acceptors (Lipinski definition) is 2. The van der Waals surface area contributed by atoms with Crippen molar-refractivity contribution in [1.29, 1.82) is 0 Å². The first kappa shape index (κ1) is 37.0. The number of hydrogen-bond donors (Lipinski definition) is 0. The summed E-state index contributed by atoms with van der Waals surface area (Å²) in [6, 6.07) is 12.7. The van der Waals surface area contributed by atoms with Gasteiger partial charge in [0, 0.05) is 34.7 Å². The molecule has 0 saturated heterocycles. The number of benzene rings is 1. The van der Waals surface area contributed by atoms with Crippen molar-refractivity contribution in [3.8, 4) is 0 Å². The van der Waals surface area contributed by atoms with Crippen molar-refractivity contribution >= 4 is 5.69 Å². The predicted octanol–water partition coefficient (Wildman–Crippen LogP) is 14.1. The quantitative estimate of drug-likeness (QED) is 0.265. The maximum absolute atomic E-state index is 2.95. The zero-order valence-electron chi connectivity index (χ0n) is 35.6. The summed E-state index contributed by atoms with van der Waals surface area (Å²) < 4.78 is 0. The van der Waals surface area contributed by atoms with Gasteiger partial charge in [0.05, 0.1) is 6.04 Å². The minimum atomic E-state index is 0.286. The fraction of sp³-hybridized carbons (Fsp3) is 0.544. The van der Waals surface area contributed by atoms with Crippen LogP contribution in [0.15, 0.2) is 150 Å². The maximum Gasteiger partial charge on any atom is 0.0559 e. The third-order valence-corrected chi connectivity index (χ3v) is 18.3. The van der Waals surface area contributed by atoms with E-state index in [1.165, 1.54) is 121 Å². The molecule has 0 aliphatic heterocycles. The third kappa shape index (κ3) is 5.91. The van der Waals surface area contributed by atoms with Crippen LogP contribution in [0.5, 0.6) is 0 Å². The van der Waals surface area contributed by atoms with Gasteiger partial charge in [-0.25, -0.2) is 0 Å². The topological polar surface area (TPSA) is 6.48 Å². The van der Waals surface area contributed by atoms with Gasteiger partial charge in [0.15, 0.2) is 0 Å². The van der Waals surface area contributed by atoms with Gasteiger partial charge in [-0.3, -0.25) is 0 Å². The van der Waals surface area contributed by atoms with Crippen molar-refractivity contribution in [3.63, 3.8) is 0 Å². The van der Waals surface area contributed by atoms with E-state index in [4.69, 9.17) is 0 Å². The average molecular weight is 781 g/mol. The summed E-state index contributed by atoms with van der Waals surface area (Å²) in [7, 11) is 0. The number of para-hydroxylation sites is 1. The molecule has 11 aliphatic carbocycles. The SMILES string of the molecule is C1=CC2CCC3=C(C=CC(N(C4=CCCC5C4C4CCC=CC4C54C5C=C(N(C6=CCCCC6)C6CC=CCC6)C=CC5C5C=CCCC54)c4ccccc4)C3)C2CC1. The van der Waals surface area contributed by atoms with Crippen LogP contribution in [0.25, 0.3) is 0 Å². The van der Waals surface area contributed by atoms with Crippen molar-refractivity contribution in [3.05, 3.63) is 150 Å². The summed E-state index contributed by atoms with van der Waals surface area (Å²) in [5.74, 6) is 6.77. The Morgan fingerprint density at radius 2 is 1.47 bits per heavy atom. The standard InChI is InChI=1S/C57H68N2/c1-4-18-41(19-5-1)58(42-20-6-2-7-21-42)45-34-36-49-48-25-12-14-27-51(48)57(54(49)38-45)52-28-15-13-26-50(52)56-53(57)29-16-30-55(56)59(43-22-8-3-9-23-43)44-33-35-47-40(37-44)32-31-39-17-10-11-24-46(39)47/h1,3-4,8-10,12,15,17,20,22-23,25,28,30,33-36,38-39,41,44,46,48-54,56H,2,5-7,11,13-14,16,18-19,21,24,26-27,29,31-32,37H2. The molecule has 306 valence electrons. The number of anilines is 1. The van der Waals surface area contributed by atoms with E-state index in [1.54, 1.807) is 28.2 Å². The number of fused-ring (bicyclic) bond motifs is 12. The summed E-state index contributed by atoms with van der Waals surface area (Å²) in [4.78, 5) is 5.83. The molecule has 2 heteroatoms. The molecule has 11 aliphatic rings. The average Bonchev–Trinajstić information content (AvgIpc) is 3.78. The van der Waals surface area contributed by atoms with Gasteiger partial charge in [-0.1, -0.05) is 109 Å². The minimum absolute atomic E-state index is 0.286. The molecule has 2 saturated carbocycles. The van der Waals surface area contributed by atoms with E-state index >= 15 is 0 Å². The van der Waals surface area contributed by atoms with E-state index < -0.39 is 0 Å². The lowest BCUT2D eigenvalue weighted by Crippen LogP contribution is -2.46. The van der Waals surface area contributed by atoms with E-state index in [9.17, 15) is 0 Å². The lowest BCUT2D eigenvalue weighted by atomic mass is 9.55. The Morgan fingerprint density at radius 3 is 2.37 bits per heavy atom. The molecule has 0 radical (unpaired) electrons. The Kier molecular flexibility index (Phi) is 9.59. The lowest BCUT2D eigenvalue weighted by Gasteiger charge is -2.50. The fourth-order valence-electron chi connectivity index (χ4n) is 16.4. The second-order valence-electron chi connectivity index (χ2n) is 20.7. The van der Waals surface area contributed by atoms with E-state index in [0.29, 0.717) is 53.5 Å². The Morgan fingerprint density at radius 1 is 0.610 bits per heavy atom. The molecule has 2 fully saturated rings. The first-order valence-electron chi connectivity index (χ1n) is 24.8. The molecule has 0 bridgehead atoms. The number of nitrogens with zero attached hydrogens (tertiary/aromatic N) is 2. The molecule has 1 spiro atoms. The van der Waals surface area contributed by atoms with E-state index in [-0.39, 0.29) is 5.41 Å². The van der Waals surface area contributed by atoms with Gasteiger partial charge in [-0.05, 0) is 198 Å². The smallest absolute Gasteiger partial charge is 0.0559 e. The van der Waals surface area contributed by atoms with Crippen molar-refractivity contribution in [2.75, 3.05) is 4.90 Å². The Balaban J connectivity index is 0.965. The molecule has 1 aromatic carbocycles. The molecule has 12 rings (SSSR count). The fourth-order valence-corrected chi connectivity index (χ4v) is 16.4. The van der Waals surface area contributed by atoms with Gasteiger partial charge in [0.1, 0.15) is 0 Å². The van der Waals surface area contributed by atoms with Crippen molar-refractivity contribution in [2.24, 2.45) is 64.6 Å². The van der Waals surface area contributed by atoms with Crippen molar-refractivity contribution in [1.82, 2.24) is 4.90 Å². The van der Waals surface area contributed by atoms with E-state index in [1.807, 2.05) is 0 Å². The lowest BCUT2D eigenvalue weighted by molar-refractivity contribution is 0.0276. The predicted molar refractivity (Wildman–Crippen MR) is 245 cm³/mol. The van der Waals surface area contributed by atoms with Gasteiger partial charge in [-0.2, -0.15) is 0 Å². The Bertz CT molecular complexity index is 2100. The molecular weight excluding hydrogens is 713 g/mol. The molecule has 1 aromatic rings. The first-order valence-corrected chi connectivity index (χ1v) is 24.8. The molecule has 0 aromatic heterocycles. The molecule has 0 amide bonds. The maximum atomic E-state index is 2.95. The largest absolute Gasteiger partial charge is 0.342 e. The highest BCUT2D eigenvalue weighted by Crippen LogP contribution is 2.76. The van der Waals surface area contributed by atoms with Crippen LogP contribution in [0.1, 0.15) is 116 Å². The highest BCUT2D eigenvalue weighted by Gasteiger charge is 2.71. The first-order chi connectivity index (χ1) is 29.3. The van der Waals surface area contributed by atoms with Crippen LogP contribution >= 0.6 is 0 Å². The van der Waals surface area contributed by atoms with Gasteiger partial charge in [0.2, 0.25) is 0 Å². The highest BCUT2D eigenvalue weighted by molar-refractivity contribution is 5.58. The zero-order chi connectivity index (χ0) is 38.9. The van der Waals surface area contributed by atoms with Crippen molar-refractivity contribution in [2.45, 2.75) is 128 Å². The Hall–Kier alpha value is -3.78. The van der Waals surface area contributed by atoms with Crippen molar-refractivity contribution < 1.29 is 0 Å². The van der Waals surface area contributed by atoms with Crippen LogP contribution in [0.3, 0.4) is 0 Å². The highest BCUT2D eigenvalue weighted by atomic mass is 15.2. The third-order valence-electron chi connectivity index (χ3n) is 18.3. The van der Waals surface area contributed by atoms with Crippen LogP contribution in [0.2, 0.25) is 0 Å². The van der Waals surface area contributed by atoms with Gasteiger partial charge < -0.3 is 9.80 Å². The molecule has 59 heavy (non-hydrogen) atoms. The van der Waals surface area contributed by atoms with Crippen LogP contribution in [-0.4, -0.2) is 17.0 Å². The molecule has 0 N–H and O–H groups in total. The number of allylic oxidation sites excluding steroid dienone is 16. The molecular formula is C57H68N2. The molecule has 0 heterocycles. The summed E-state index contributed by atoms with van der Waals surface area (Å²) in [6.45, 7) is 0. The van der Waals surface area contributed by atoms with Crippen LogP contribution in [-0.2, 0) is 0 Å². The monoisotopic (exact) mass is 781 g/mol. The molecule has 13 atom stereocenters. The van der Waals surface area contributed by atoms with E-state index in [2.05, 4.69) is 131 Å². The Labute approximate surface area is 356 Å². The summed E-state index contributed by atoms with van der Waals surface area (Å²) >= 11 is 0. The van der Waals surface area contributed by atoms with Gasteiger partial charge in [0.25, 0.3) is 0 Å². The van der Waals surface area contributed by atoms with Crippen LogP contribution in [0.4, 0.5) is 5.69 Å².